The van der Waals surface area contributed by atoms with Crippen LogP contribution in [0.4, 0.5) is 21.0 Å². The van der Waals surface area contributed by atoms with Gasteiger partial charge in [0, 0.05) is 49.1 Å². The summed E-state index contributed by atoms with van der Waals surface area (Å²) in [6.45, 7) is 5.09. The number of carbonyl (C=O) groups is 3. The number of nitrogen functional groups attached to an aromatic ring is 1. The second kappa shape index (κ2) is 13.9. The van der Waals surface area contributed by atoms with Crippen LogP contribution in [0.25, 0.3) is 0 Å². The first-order valence-electron chi connectivity index (χ1n) is 16.0. The van der Waals surface area contributed by atoms with E-state index in [9.17, 15) is 14.4 Å². The molecule has 0 bridgehead atoms. The molecule has 4 aliphatic rings. The first-order chi connectivity index (χ1) is 21.8. The van der Waals surface area contributed by atoms with Crippen LogP contribution in [-0.4, -0.2) is 84.0 Å². The van der Waals surface area contributed by atoms with Gasteiger partial charge in [0.2, 0.25) is 5.91 Å². The predicted molar refractivity (Wildman–Crippen MR) is 178 cm³/mol. The largest absolute Gasteiger partial charge is 0.397 e. The number of hydrogen-bond acceptors (Lipinski definition) is 6. The quantitative estimate of drug-likeness (QED) is 0.274. The van der Waals surface area contributed by atoms with Gasteiger partial charge in [-0.1, -0.05) is 17.5 Å². The first kappa shape index (κ1) is 31.5. The van der Waals surface area contributed by atoms with E-state index in [4.69, 9.17) is 23.8 Å². The highest BCUT2D eigenvalue weighted by Gasteiger charge is 2.36. The number of nitrogens with one attached hydrogen (secondary N) is 3. The first-order valence-corrected chi connectivity index (χ1v) is 17.3. The number of anilines is 2. The zero-order chi connectivity index (χ0) is 31.5. The molecule has 12 heteroatoms. The third-order valence-corrected chi connectivity index (χ3v) is 11.3. The lowest BCUT2D eigenvalue weighted by Gasteiger charge is -2.41. The minimum Gasteiger partial charge on any atom is -0.397 e. The fourth-order valence-electron chi connectivity index (χ4n) is 7.38. The molecule has 0 saturated carbocycles. The van der Waals surface area contributed by atoms with Crippen LogP contribution < -0.4 is 21.7 Å². The molecule has 0 spiro atoms. The predicted octanol–water partition coefficient (Wildman–Crippen LogP) is 4.34. The molecule has 0 radical (unpaired) electrons. The number of carbonyl (C=O) groups excluding carboxylic acids is 3. The SMILES string of the molecule is C#Cc1cc(C[C@@H](NC(=O)N2CCC(N3Cc4sccc4NC3=O)CC2)C(=O)N2CCC(C3CCNCC3)CC2)cc(Cl)c1N. The molecular formula is C33H42ClN7O3S. The molecular weight excluding hydrogens is 610 g/mol. The van der Waals surface area contributed by atoms with Gasteiger partial charge < -0.3 is 36.4 Å². The molecule has 240 valence electrons. The molecule has 0 unspecified atom stereocenters. The van der Waals surface area contributed by atoms with Gasteiger partial charge in [0.25, 0.3) is 0 Å². The highest BCUT2D eigenvalue weighted by molar-refractivity contribution is 7.10. The van der Waals surface area contributed by atoms with Crippen LogP contribution in [-0.2, 0) is 17.8 Å². The van der Waals surface area contributed by atoms with Crippen molar-refractivity contribution in [2.24, 2.45) is 11.8 Å². The van der Waals surface area contributed by atoms with Crippen molar-refractivity contribution < 1.29 is 14.4 Å². The van der Waals surface area contributed by atoms with E-state index >= 15 is 0 Å². The molecule has 2 aromatic rings. The van der Waals surface area contributed by atoms with Crippen LogP contribution in [0, 0.1) is 24.2 Å². The number of thiophene rings is 1. The Kier molecular flexibility index (Phi) is 9.73. The summed E-state index contributed by atoms with van der Waals surface area (Å²) in [5.41, 5.74) is 8.49. The number of nitrogens with zero attached hydrogens (tertiary/aromatic N) is 3. The van der Waals surface area contributed by atoms with Crippen molar-refractivity contribution in [3.8, 4) is 12.3 Å². The molecule has 1 aromatic heterocycles. The Hall–Kier alpha value is -3.46. The summed E-state index contributed by atoms with van der Waals surface area (Å²) in [5.74, 6) is 3.83. The zero-order valence-corrected chi connectivity index (χ0v) is 27.1. The number of likely N-dealkylation sites (tertiary alicyclic amines) is 2. The average molecular weight is 652 g/mol. The molecule has 10 nitrogen and oxygen atoms in total. The Morgan fingerprint density at radius 2 is 1.76 bits per heavy atom. The van der Waals surface area contributed by atoms with Crippen LogP contribution in [0.5, 0.6) is 0 Å². The van der Waals surface area contributed by atoms with Crippen molar-refractivity contribution in [3.05, 3.63) is 44.6 Å². The summed E-state index contributed by atoms with van der Waals surface area (Å²) in [6, 6.07) is 4.32. The number of urea groups is 2. The van der Waals surface area contributed by atoms with Gasteiger partial charge in [-0.25, -0.2) is 9.59 Å². The van der Waals surface area contributed by atoms with E-state index in [1.165, 1.54) is 12.8 Å². The number of rotatable bonds is 6. The van der Waals surface area contributed by atoms with Gasteiger partial charge in [-0.05, 0) is 92.6 Å². The van der Waals surface area contributed by atoms with Crippen LogP contribution in [0.1, 0.15) is 54.5 Å². The molecule has 45 heavy (non-hydrogen) atoms. The Morgan fingerprint density at radius 1 is 1.07 bits per heavy atom. The lowest BCUT2D eigenvalue weighted by atomic mass is 9.79. The maximum Gasteiger partial charge on any atom is 0.322 e. The van der Waals surface area contributed by atoms with Gasteiger partial charge >= 0.3 is 12.1 Å². The molecule has 5 heterocycles. The maximum atomic E-state index is 14.0. The lowest BCUT2D eigenvalue weighted by Crippen LogP contribution is -2.57. The molecule has 3 saturated heterocycles. The van der Waals surface area contributed by atoms with E-state index in [0.29, 0.717) is 73.7 Å². The Bertz CT molecular complexity index is 1450. The summed E-state index contributed by atoms with van der Waals surface area (Å²) in [7, 11) is 0. The number of halogens is 1. The van der Waals surface area contributed by atoms with E-state index < -0.39 is 6.04 Å². The van der Waals surface area contributed by atoms with Crippen LogP contribution >= 0.6 is 22.9 Å². The summed E-state index contributed by atoms with van der Waals surface area (Å²) >= 11 is 8.03. The van der Waals surface area contributed by atoms with Crippen LogP contribution in [0.15, 0.2) is 23.6 Å². The van der Waals surface area contributed by atoms with Crippen LogP contribution in [0.3, 0.4) is 0 Å². The number of fused-ring (bicyclic) bond motifs is 1. The topological polar surface area (TPSA) is 123 Å². The van der Waals surface area contributed by atoms with Crippen molar-refractivity contribution in [1.29, 1.82) is 0 Å². The molecule has 1 aromatic carbocycles. The fourth-order valence-corrected chi connectivity index (χ4v) is 8.45. The second-order valence-electron chi connectivity index (χ2n) is 12.7. The molecule has 6 rings (SSSR count). The normalized spacial score (nSPS) is 20.7. The summed E-state index contributed by atoms with van der Waals surface area (Å²) in [4.78, 5) is 47.1. The van der Waals surface area contributed by atoms with E-state index in [1.807, 2.05) is 21.2 Å². The molecule has 5 N–H and O–H groups in total. The number of nitrogens with two attached hydrogens (primary N) is 1. The van der Waals surface area contributed by atoms with E-state index in [2.05, 4.69) is 21.9 Å². The van der Waals surface area contributed by atoms with Gasteiger partial charge in [-0.15, -0.1) is 17.8 Å². The Morgan fingerprint density at radius 3 is 2.47 bits per heavy atom. The summed E-state index contributed by atoms with van der Waals surface area (Å²) < 4.78 is 0. The standard InChI is InChI=1S/C33H42ClN7O3S/c1-2-22-17-21(18-26(34)30(22)35)19-28(31(42)39-12-5-24(6-13-39)23-3-10-36-11-4-23)38-32(43)40-14-7-25(8-15-40)41-20-29-27(9-16-45-29)37-33(41)44/h1,9,16-18,23-25,28,36H,3-8,10-15,19-20,35H2,(H,37,44)(H,38,43)/t28-/m1/s1. The van der Waals surface area contributed by atoms with Gasteiger partial charge in [0.05, 0.1) is 22.9 Å². The smallest absolute Gasteiger partial charge is 0.322 e. The average Bonchev–Trinajstić information content (AvgIpc) is 3.53. The highest BCUT2D eigenvalue weighted by Crippen LogP contribution is 2.33. The van der Waals surface area contributed by atoms with E-state index in [0.717, 1.165) is 42.1 Å². The van der Waals surface area contributed by atoms with Crippen molar-refractivity contribution >= 4 is 52.3 Å². The Balaban J connectivity index is 1.11. The van der Waals surface area contributed by atoms with Gasteiger partial charge in [0.15, 0.2) is 0 Å². The van der Waals surface area contributed by atoms with Crippen molar-refractivity contribution in [2.75, 3.05) is 50.3 Å². The number of piperidine rings is 3. The molecule has 5 amide bonds. The molecule has 0 aliphatic carbocycles. The highest BCUT2D eigenvalue weighted by atomic mass is 35.5. The fraction of sp³-hybridized carbons (Fsp3) is 0.545. The van der Waals surface area contributed by atoms with E-state index in [-0.39, 0.29) is 30.4 Å². The van der Waals surface area contributed by atoms with Crippen molar-refractivity contribution in [2.45, 2.75) is 63.6 Å². The van der Waals surface area contributed by atoms with Gasteiger partial charge in [-0.2, -0.15) is 0 Å². The third-order valence-electron chi connectivity index (χ3n) is 10.0. The Labute approximate surface area is 274 Å². The number of benzene rings is 1. The third kappa shape index (κ3) is 7.03. The zero-order valence-electron chi connectivity index (χ0n) is 25.5. The lowest BCUT2D eigenvalue weighted by molar-refractivity contribution is -0.135. The van der Waals surface area contributed by atoms with Crippen LogP contribution in [0.2, 0.25) is 5.02 Å². The number of amides is 5. The van der Waals surface area contributed by atoms with Crippen molar-refractivity contribution in [3.63, 3.8) is 0 Å². The molecule has 3 fully saturated rings. The van der Waals surface area contributed by atoms with E-state index in [1.54, 1.807) is 28.4 Å². The minimum absolute atomic E-state index is 0.0436. The molecule has 1 atom stereocenters. The number of hydrogen-bond donors (Lipinski definition) is 4. The summed E-state index contributed by atoms with van der Waals surface area (Å²) in [5, 5.41) is 11.8. The second-order valence-corrected chi connectivity index (χ2v) is 14.1. The van der Waals surface area contributed by atoms with Gasteiger partial charge in [-0.3, -0.25) is 4.79 Å². The monoisotopic (exact) mass is 651 g/mol. The summed E-state index contributed by atoms with van der Waals surface area (Å²) in [6.07, 6.45) is 11.6. The van der Waals surface area contributed by atoms with Crippen molar-refractivity contribution in [1.82, 2.24) is 25.3 Å². The maximum absolute atomic E-state index is 14.0. The molecule has 4 aliphatic heterocycles. The van der Waals surface area contributed by atoms with Gasteiger partial charge in [0.1, 0.15) is 6.04 Å². The number of terminal acetylenes is 1. The minimum atomic E-state index is -0.777.